The minimum absolute atomic E-state index is 0.251. The second-order valence-electron chi connectivity index (χ2n) is 7.34. The van der Waals surface area contributed by atoms with E-state index in [0.29, 0.717) is 12.0 Å². The Balaban J connectivity index is 1.68. The number of ether oxygens (including phenoxy) is 1. The Morgan fingerprint density at radius 1 is 1.12 bits per heavy atom. The third-order valence-corrected chi connectivity index (χ3v) is 6.43. The molecule has 2 aromatic rings. The number of hydrogen-bond donors (Lipinski definition) is 0. The Labute approximate surface area is 162 Å². The summed E-state index contributed by atoms with van der Waals surface area (Å²) in [5, 5.41) is 0. The molecular formula is C22H22BrNO2. The Morgan fingerprint density at radius 3 is 2.77 bits per heavy atom. The number of hydrogen-bond acceptors (Lipinski definition) is 3. The highest BCUT2D eigenvalue weighted by atomic mass is 79.9. The second kappa shape index (κ2) is 6.52. The molecule has 3 heterocycles. The van der Waals surface area contributed by atoms with Gasteiger partial charge in [0, 0.05) is 34.1 Å². The van der Waals surface area contributed by atoms with Crippen molar-refractivity contribution in [1.82, 2.24) is 4.90 Å². The van der Waals surface area contributed by atoms with E-state index in [4.69, 9.17) is 9.15 Å². The van der Waals surface area contributed by atoms with Crippen molar-refractivity contribution in [3.63, 3.8) is 0 Å². The maximum Gasteiger partial charge on any atom is 0.139 e. The van der Waals surface area contributed by atoms with Crippen molar-refractivity contribution in [1.29, 1.82) is 0 Å². The standard InChI is InChI=1S/C22H22BrNO2/c1-14-18-12-16-4-2-3-5-19(16)24-10-11-25-13-20(24)21(18)22(26-14)15-6-8-17(23)9-7-15/h2-9,16,19-20H,10-13H2,1H3/t16?,19?,20-/m0/s1. The summed E-state index contributed by atoms with van der Waals surface area (Å²) in [6, 6.07) is 9.12. The lowest BCUT2D eigenvalue weighted by Crippen LogP contribution is -2.47. The van der Waals surface area contributed by atoms with Crippen LogP contribution in [0.4, 0.5) is 0 Å². The first-order chi connectivity index (χ1) is 12.7. The van der Waals surface area contributed by atoms with Crippen LogP contribution in [0.3, 0.4) is 0 Å². The van der Waals surface area contributed by atoms with Gasteiger partial charge in [-0.15, -0.1) is 0 Å². The van der Waals surface area contributed by atoms with Crippen molar-refractivity contribution in [2.24, 2.45) is 5.92 Å². The summed E-state index contributed by atoms with van der Waals surface area (Å²) in [6.07, 6.45) is 10.1. The molecule has 0 radical (unpaired) electrons. The summed E-state index contributed by atoms with van der Waals surface area (Å²) in [6.45, 7) is 4.61. The minimum Gasteiger partial charge on any atom is -0.461 e. The largest absolute Gasteiger partial charge is 0.461 e. The Kier molecular flexibility index (Phi) is 4.15. The Bertz CT molecular complexity index is 880. The molecule has 0 N–H and O–H groups in total. The first-order valence-electron chi connectivity index (χ1n) is 9.29. The molecule has 2 aliphatic heterocycles. The normalized spacial score (nSPS) is 27.5. The Morgan fingerprint density at radius 2 is 1.92 bits per heavy atom. The van der Waals surface area contributed by atoms with E-state index < -0.39 is 0 Å². The lowest BCUT2D eigenvalue weighted by Gasteiger charge is -2.41. The van der Waals surface area contributed by atoms with Crippen LogP contribution < -0.4 is 0 Å². The summed E-state index contributed by atoms with van der Waals surface area (Å²) in [7, 11) is 0. The molecule has 0 amide bonds. The number of rotatable bonds is 1. The highest BCUT2D eigenvalue weighted by Crippen LogP contribution is 2.45. The molecule has 1 saturated heterocycles. The number of allylic oxidation sites excluding steroid dienone is 2. The van der Waals surface area contributed by atoms with Crippen molar-refractivity contribution in [3.8, 4) is 11.3 Å². The molecule has 1 aromatic carbocycles. The van der Waals surface area contributed by atoms with Gasteiger partial charge in [-0.05, 0) is 31.0 Å². The molecule has 5 rings (SSSR count). The van der Waals surface area contributed by atoms with Crippen LogP contribution in [0.15, 0.2) is 57.5 Å². The summed E-state index contributed by atoms with van der Waals surface area (Å²) in [5.41, 5.74) is 3.84. The van der Waals surface area contributed by atoms with E-state index in [9.17, 15) is 0 Å². The number of morpholine rings is 1. The summed E-state index contributed by atoms with van der Waals surface area (Å²) in [5.74, 6) is 2.56. The van der Waals surface area contributed by atoms with Gasteiger partial charge in [-0.1, -0.05) is 52.4 Å². The maximum absolute atomic E-state index is 6.34. The molecule has 4 heteroatoms. The third kappa shape index (κ3) is 2.63. The van der Waals surface area contributed by atoms with Crippen LogP contribution in [0.5, 0.6) is 0 Å². The first kappa shape index (κ1) is 16.5. The summed E-state index contributed by atoms with van der Waals surface area (Å²) < 4.78 is 13.3. The minimum atomic E-state index is 0.251. The van der Waals surface area contributed by atoms with Gasteiger partial charge in [0.25, 0.3) is 0 Å². The van der Waals surface area contributed by atoms with Gasteiger partial charge in [0.05, 0.1) is 19.3 Å². The zero-order valence-electron chi connectivity index (χ0n) is 14.8. The van der Waals surface area contributed by atoms with E-state index in [-0.39, 0.29) is 6.04 Å². The smallest absolute Gasteiger partial charge is 0.139 e. The van der Waals surface area contributed by atoms with E-state index in [1.165, 1.54) is 11.1 Å². The van der Waals surface area contributed by atoms with Crippen LogP contribution >= 0.6 is 15.9 Å². The van der Waals surface area contributed by atoms with E-state index in [1.807, 2.05) is 0 Å². The zero-order valence-corrected chi connectivity index (χ0v) is 16.4. The van der Waals surface area contributed by atoms with Crippen LogP contribution in [0.2, 0.25) is 0 Å². The molecule has 134 valence electrons. The predicted molar refractivity (Wildman–Crippen MR) is 106 cm³/mol. The lowest BCUT2D eigenvalue weighted by atomic mass is 9.88. The van der Waals surface area contributed by atoms with E-state index in [2.05, 4.69) is 76.3 Å². The highest BCUT2D eigenvalue weighted by Gasteiger charge is 2.41. The number of halogens is 1. The van der Waals surface area contributed by atoms with E-state index in [0.717, 1.165) is 47.7 Å². The summed E-state index contributed by atoms with van der Waals surface area (Å²) in [4.78, 5) is 2.62. The number of fused-ring (bicyclic) bond motifs is 5. The number of aryl methyl sites for hydroxylation is 1. The second-order valence-corrected chi connectivity index (χ2v) is 8.26. The quantitative estimate of drug-likeness (QED) is 0.655. The molecule has 0 spiro atoms. The third-order valence-electron chi connectivity index (χ3n) is 5.90. The van der Waals surface area contributed by atoms with Gasteiger partial charge in [-0.2, -0.15) is 0 Å². The molecule has 3 nitrogen and oxygen atoms in total. The van der Waals surface area contributed by atoms with Gasteiger partial charge >= 0.3 is 0 Å². The van der Waals surface area contributed by atoms with Crippen LogP contribution in [0, 0.1) is 12.8 Å². The molecule has 1 aromatic heterocycles. The SMILES string of the molecule is Cc1oc(-c2ccc(Br)cc2)c2c1CC1C=CC=CC1N1CCOC[C@@H]21. The molecule has 1 aliphatic carbocycles. The zero-order chi connectivity index (χ0) is 17.7. The molecular weight excluding hydrogens is 390 g/mol. The van der Waals surface area contributed by atoms with Gasteiger partial charge in [0.2, 0.25) is 0 Å². The van der Waals surface area contributed by atoms with Crippen LogP contribution in [0.25, 0.3) is 11.3 Å². The van der Waals surface area contributed by atoms with Gasteiger partial charge in [-0.3, -0.25) is 4.90 Å². The molecule has 3 atom stereocenters. The van der Waals surface area contributed by atoms with Gasteiger partial charge in [0.15, 0.2) is 0 Å². The van der Waals surface area contributed by atoms with Crippen LogP contribution in [0.1, 0.15) is 22.9 Å². The van der Waals surface area contributed by atoms with E-state index >= 15 is 0 Å². The number of benzene rings is 1. The predicted octanol–water partition coefficient (Wildman–Crippen LogP) is 5.06. The Hall–Kier alpha value is -1.62. The molecule has 0 saturated carbocycles. The van der Waals surface area contributed by atoms with Crippen molar-refractivity contribution < 1.29 is 9.15 Å². The number of furan rings is 1. The molecule has 0 bridgehead atoms. The fourth-order valence-electron chi connectivity index (χ4n) is 4.66. The van der Waals surface area contributed by atoms with Gasteiger partial charge < -0.3 is 9.15 Å². The van der Waals surface area contributed by atoms with Crippen molar-refractivity contribution in [3.05, 3.63) is 69.9 Å². The topological polar surface area (TPSA) is 25.6 Å². The average Bonchev–Trinajstić information content (AvgIpc) is 2.91. The van der Waals surface area contributed by atoms with Crippen molar-refractivity contribution in [2.75, 3.05) is 19.8 Å². The van der Waals surface area contributed by atoms with Gasteiger partial charge in [0.1, 0.15) is 11.5 Å². The highest BCUT2D eigenvalue weighted by molar-refractivity contribution is 9.10. The average molecular weight is 412 g/mol. The molecule has 3 aliphatic rings. The first-order valence-corrected chi connectivity index (χ1v) is 10.1. The fraction of sp³-hybridized carbons (Fsp3) is 0.364. The van der Waals surface area contributed by atoms with Crippen molar-refractivity contribution in [2.45, 2.75) is 25.4 Å². The van der Waals surface area contributed by atoms with Crippen LogP contribution in [-0.4, -0.2) is 30.7 Å². The van der Waals surface area contributed by atoms with Crippen LogP contribution in [-0.2, 0) is 11.2 Å². The monoisotopic (exact) mass is 411 g/mol. The maximum atomic E-state index is 6.34. The number of nitrogens with zero attached hydrogens (tertiary/aromatic N) is 1. The van der Waals surface area contributed by atoms with Gasteiger partial charge in [-0.25, -0.2) is 0 Å². The summed E-state index contributed by atoms with van der Waals surface area (Å²) >= 11 is 3.53. The van der Waals surface area contributed by atoms with E-state index in [1.54, 1.807) is 0 Å². The van der Waals surface area contributed by atoms with Crippen molar-refractivity contribution >= 4 is 15.9 Å². The lowest BCUT2D eigenvalue weighted by molar-refractivity contribution is -0.0255. The molecule has 26 heavy (non-hydrogen) atoms. The molecule has 2 unspecified atom stereocenters. The molecule has 1 fully saturated rings. The fourth-order valence-corrected chi connectivity index (χ4v) is 4.93.